The third kappa shape index (κ3) is 2.84. The number of carbonyl (C=O) groups excluding carboxylic acids is 1. The van der Waals surface area contributed by atoms with Gasteiger partial charge in [-0.3, -0.25) is 4.79 Å². The predicted octanol–water partition coefficient (Wildman–Crippen LogP) is 1.47. The van der Waals surface area contributed by atoms with E-state index in [2.05, 4.69) is 5.10 Å². The van der Waals surface area contributed by atoms with Crippen molar-refractivity contribution in [2.75, 3.05) is 13.1 Å². The van der Waals surface area contributed by atoms with Gasteiger partial charge in [0.2, 0.25) is 0 Å². The zero-order valence-corrected chi connectivity index (χ0v) is 11.8. The standard InChI is InChI=1S/C14H16N4O.ClH/c15-12-6-7-17(10-12)14(19)11-8-16-18(9-11)13-4-2-1-3-5-13;/h1-5,8-9,12H,6-7,10,15H2;1H/t12-;/m1./s1. The van der Waals surface area contributed by atoms with E-state index in [-0.39, 0.29) is 24.4 Å². The van der Waals surface area contributed by atoms with Crippen LogP contribution in [-0.4, -0.2) is 39.7 Å². The van der Waals surface area contributed by atoms with E-state index in [9.17, 15) is 4.79 Å². The third-order valence-corrected chi connectivity index (χ3v) is 3.36. The molecule has 5 nitrogen and oxygen atoms in total. The van der Waals surface area contributed by atoms with E-state index >= 15 is 0 Å². The van der Waals surface area contributed by atoms with E-state index in [1.54, 1.807) is 22.0 Å². The number of amides is 1. The number of aromatic nitrogens is 2. The lowest BCUT2D eigenvalue weighted by molar-refractivity contribution is 0.0791. The van der Waals surface area contributed by atoms with E-state index in [4.69, 9.17) is 5.73 Å². The van der Waals surface area contributed by atoms with Crippen molar-refractivity contribution in [3.05, 3.63) is 48.3 Å². The van der Waals surface area contributed by atoms with Gasteiger partial charge in [0.1, 0.15) is 0 Å². The summed E-state index contributed by atoms with van der Waals surface area (Å²) in [5, 5.41) is 4.24. The van der Waals surface area contributed by atoms with Gasteiger partial charge in [-0.05, 0) is 18.6 Å². The van der Waals surface area contributed by atoms with Crippen molar-refractivity contribution >= 4 is 18.3 Å². The van der Waals surface area contributed by atoms with Crippen LogP contribution in [0, 0.1) is 0 Å². The Morgan fingerprint density at radius 2 is 2.05 bits per heavy atom. The first-order valence-electron chi connectivity index (χ1n) is 6.39. The minimum Gasteiger partial charge on any atom is -0.337 e. The van der Waals surface area contributed by atoms with Crippen molar-refractivity contribution in [2.45, 2.75) is 12.5 Å². The van der Waals surface area contributed by atoms with Crippen LogP contribution in [0.15, 0.2) is 42.7 Å². The van der Waals surface area contributed by atoms with Crippen molar-refractivity contribution < 1.29 is 4.79 Å². The van der Waals surface area contributed by atoms with Gasteiger partial charge in [0.05, 0.1) is 17.4 Å². The Labute approximate surface area is 123 Å². The van der Waals surface area contributed by atoms with E-state index in [1.807, 2.05) is 30.3 Å². The molecule has 6 heteroatoms. The molecule has 0 radical (unpaired) electrons. The molecule has 1 fully saturated rings. The lowest BCUT2D eigenvalue weighted by atomic mass is 10.3. The molecule has 0 saturated carbocycles. The van der Waals surface area contributed by atoms with Crippen molar-refractivity contribution in [1.82, 2.24) is 14.7 Å². The van der Waals surface area contributed by atoms with Crippen LogP contribution in [0.2, 0.25) is 0 Å². The van der Waals surface area contributed by atoms with Crippen LogP contribution in [0.5, 0.6) is 0 Å². The largest absolute Gasteiger partial charge is 0.337 e. The molecule has 1 saturated heterocycles. The Balaban J connectivity index is 0.00000147. The number of likely N-dealkylation sites (tertiary alicyclic amines) is 1. The second kappa shape index (κ2) is 6.07. The van der Waals surface area contributed by atoms with Crippen LogP contribution >= 0.6 is 12.4 Å². The molecule has 1 aromatic carbocycles. The van der Waals surface area contributed by atoms with Crippen molar-refractivity contribution in [1.29, 1.82) is 0 Å². The zero-order valence-electron chi connectivity index (χ0n) is 11.0. The third-order valence-electron chi connectivity index (χ3n) is 3.36. The number of nitrogens with zero attached hydrogens (tertiary/aromatic N) is 3. The fourth-order valence-corrected chi connectivity index (χ4v) is 2.31. The highest BCUT2D eigenvalue weighted by atomic mass is 35.5. The molecule has 3 rings (SSSR count). The van der Waals surface area contributed by atoms with Crippen molar-refractivity contribution in [3.8, 4) is 5.69 Å². The summed E-state index contributed by atoms with van der Waals surface area (Å²) in [6.45, 7) is 1.37. The molecule has 0 unspecified atom stereocenters. The molecule has 0 bridgehead atoms. The zero-order chi connectivity index (χ0) is 13.2. The minimum atomic E-state index is 0. The lowest BCUT2D eigenvalue weighted by Gasteiger charge is -2.14. The average molecular weight is 293 g/mol. The van der Waals surface area contributed by atoms with Gasteiger partial charge in [-0.2, -0.15) is 5.10 Å². The van der Waals surface area contributed by atoms with Gasteiger partial charge in [-0.25, -0.2) is 4.68 Å². The van der Waals surface area contributed by atoms with E-state index in [0.717, 1.165) is 18.7 Å². The molecule has 20 heavy (non-hydrogen) atoms. The van der Waals surface area contributed by atoms with Gasteiger partial charge in [-0.1, -0.05) is 18.2 Å². The Hall–Kier alpha value is -1.85. The molecule has 1 atom stereocenters. The summed E-state index contributed by atoms with van der Waals surface area (Å²) < 4.78 is 1.71. The first-order chi connectivity index (χ1) is 9.24. The van der Waals surface area contributed by atoms with Gasteiger partial charge in [0.25, 0.3) is 5.91 Å². The number of benzene rings is 1. The maximum Gasteiger partial charge on any atom is 0.257 e. The summed E-state index contributed by atoms with van der Waals surface area (Å²) in [5.41, 5.74) is 7.38. The molecule has 1 amide bonds. The van der Waals surface area contributed by atoms with Gasteiger partial charge >= 0.3 is 0 Å². The molecule has 0 aliphatic carbocycles. The maximum atomic E-state index is 12.3. The summed E-state index contributed by atoms with van der Waals surface area (Å²) in [4.78, 5) is 14.0. The molecule has 0 spiro atoms. The molecule has 2 N–H and O–H groups in total. The van der Waals surface area contributed by atoms with Crippen LogP contribution in [0.3, 0.4) is 0 Å². The molecule has 106 valence electrons. The summed E-state index contributed by atoms with van der Waals surface area (Å²) in [6.07, 6.45) is 4.25. The first kappa shape index (κ1) is 14.6. The van der Waals surface area contributed by atoms with Crippen molar-refractivity contribution in [3.63, 3.8) is 0 Å². The molecule has 1 aliphatic rings. The SMILES string of the molecule is Cl.N[C@@H]1CCN(C(=O)c2cnn(-c3ccccc3)c2)C1. The molecule has 2 aromatic rings. The Kier molecular flexibility index (Phi) is 4.42. The Bertz CT molecular complexity index is 584. The highest BCUT2D eigenvalue weighted by molar-refractivity contribution is 5.94. The summed E-state index contributed by atoms with van der Waals surface area (Å²) >= 11 is 0. The van der Waals surface area contributed by atoms with Crippen molar-refractivity contribution in [2.24, 2.45) is 5.73 Å². The topological polar surface area (TPSA) is 64.2 Å². The second-order valence-electron chi connectivity index (χ2n) is 4.81. The summed E-state index contributed by atoms with van der Waals surface area (Å²) in [5.74, 6) is 0.00938. The lowest BCUT2D eigenvalue weighted by Crippen LogP contribution is -2.31. The summed E-state index contributed by atoms with van der Waals surface area (Å²) in [6, 6.07) is 9.84. The molecule has 1 aromatic heterocycles. The number of hydrogen-bond donors (Lipinski definition) is 1. The fourth-order valence-electron chi connectivity index (χ4n) is 2.31. The van der Waals surface area contributed by atoms with Gasteiger partial charge in [-0.15, -0.1) is 12.4 Å². The van der Waals surface area contributed by atoms with Gasteiger partial charge in [0, 0.05) is 25.3 Å². The summed E-state index contributed by atoms with van der Waals surface area (Å²) in [7, 11) is 0. The van der Waals surface area contributed by atoms with E-state index in [1.165, 1.54) is 0 Å². The highest BCUT2D eigenvalue weighted by Gasteiger charge is 2.25. The Morgan fingerprint density at radius 3 is 2.70 bits per heavy atom. The normalized spacial score (nSPS) is 17.9. The molecular weight excluding hydrogens is 276 g/mol. The average Bonchev–Trinajstić information content (AvgIpc) is 3.08. The quantitative estimate of drug-likeness (QED) is 0.911. The monoisotopic (exact) mass is 292 g/mol. The molecule has 1 aliphatic heterocycles. The number of carbonyl (C=O) groups is 1. The number of para-hydroxylation sites is 1. The Morgan fingerprint density at radius 1 is 1.30 bits per heavy atom. The minimum absolute atomic E-state index is 0. The van der Waals surface area contributed by atoms with Crippen LogP contribution in [-0.2, 0) is 0 Å². The fraction of sp³-hybridized carbons (Fsp3) is 0.286. The van der Waals surface area contributed by atoms with E-state index < -0.39 is 0 Å². The second-order valence-corrected chi connectivity index (χ2v) is 4.81. The number of halogens is 1. The molecular formula is C14H17ClN4O. The van der Waals surface area contributed by atoms with Crippen LogP contribution in [0.25, 0.3) is 5.69 Å². The first-order valence-corrected chi connectivity index (χ1v) is 6.39. The number of hydrogen-bond acceptors (Lipinski definition) is 3. The molecule has 2 heterocycles. The van der Waals surface area contributed by atoms with Gasteiger partial charge in [0.15, 0.2) is 0 Å². The predicted molar refractivity (Wildman–Crippen MR) is 79.3 cm³/mol. The van der Waals surface area contributed by atoms with Crippen LogP contribution in [0.1, 0.15) is 16.8 Å². The number of nitrogens with two attached hydrogens (primary N) is 1. The smallest absolute Gasteiger partial charge is 0.257 e. The van der Waals surface area contributed by atoms with Crippen LogP contribution < -0.4 is 5.73 Å². The van der Waals surface area contributed by atoms with Crippen LogP contribution in [0.4, 0.5) is 0 Å². The van der Waals surface area contributed by atoms with E-state index in [0.29, 0.717) is 12.1 Å². The van der Waals surface area contributed by atoms with Gasteiger partial charge < -0.3 is 10.6 Å². The number of rotatable bonds is 2. The highest BCUT2D eigenvalue weighted by Crippen LogP contribution is 2.13. The maximum absolute atomic E-state index is 12.3.